The van der Waals surface area contributed by atoms with Crippen molar-refractivity contribution in [1.82, 2.24) is 0 Å². The van der Waals surface area contributed by atoms with E-state index in [1.165, 1.54) is 30.4 Å². The van der Waals surface area contributed by atoms with Gasteiger partial charge in [-0.2, -0.15) is 0 Å². The number of carbonyl (C=O) groups excluding carboxylic acids is 2. The lowest BCUT2D eigenvalue weighted by molar-refractivity contribution is -0.384. The first-order chi connectivity index (χ1) is 10.1. The molecule has 6 nitrogen and oxygen atoms in total. The number of ether oxygens (including phenoxy) is 1. The summed E-state index contributed by atoms with van der Waals surface area (Å²) in [4.78, 5) is 33.3. The van der Waals surface area contributed by atoms with E-state index in [-0.39, 0.29) is 11.5 Å². The Morgan fingerprint density at radius 1 is 1.38 bits per heavy atom. The van der Waals surface area contributed by atoms with Gasteiger partial charge in [-0.05, 0) is 30.9 Å². The number of benzene rings is 1. The molecule has 1 unspecified atom stereocenters. The minimum absolute atomic E-state index is 0.0432. The van der Waals surface area contributed by atoms with Crippen molar-refractivity contribution in [3.05, 3.63) is 46.0 Å². The third-order valence-corrected chi connectivity index (χ3v) is 3.25. The van der Waals surface area contributed by atoms with Crippen molar-refractivity contribution in [3.8, 4) is 0 Å². The summed E-state index contributed by atoms with van der Waals surface area (Å²) in [5, 5.41) is 10.6. The molecule has 21 heavy (non-hydrogen) atoms. The molecular weight excluding hydrogens is 274 g/mol. The van der Waals surface area contributed by atoms with Gasteiger partial charge >= 0.3 is 5.97 Å². The Hall–Kier alpha value is -2.50. The molecule has 0 heterocycles. The van der Waals surface area contributed by atoms with Gasteiger partial charge in [-0.3, -0.25) is 14.9 Å². The lowest BCUT2D eigenvalue weighted by Gasteiger charge is -2.19. The molecule has 0 saturated heterocycles. The number of nitrogens with zero attached hydrogens (tertiary/aromatic N) is 1. The summed E-state index contributed by atoms with van der Waals surface area (Å²) in [6.45, 7) is 0. The second kappa shape index (κ2) is 6.78. The van der Waals surface area contributed by atoms with Crippen molar-refractivity contribution in [2.24, 2.45) is 0 Å². The second-order valence-electron chi connectivity index (χ2n) is 4.82. The van der Waals surface area contributed by atoms with Gasteiger partial charge in [-0.1, -0.05) is 12.1 Å². The molecular formula is C15H15NO5. The van der Waals surface area contributed by atoms with E-state index in [1.807, 2.05) is 0 Å². The van der Waals surface area contributed by atoms with Crippen molar-refractivity contribution in [1.29, 1.82) is 0 Å². The van der Waals surface area contributed by atoms with E-state index in [9.17, 15) is 19.7 Å². The Labute approximate surface area is 121 Å². The maximum absolute atomic E-state index is 11.7. The van der Waals surface area contributed by atoms with Gasteiger partial charge in [0.2, 0.25) is 0 Å². The summed E-state index contributed by atoms with van der Waals surface area (Å²) >= 11 is 0. The van der Waals surface area contributed by atoms with Crippen LogP contribution in [0.1, 0.15) is 31.2 Å². The van der Waals surface area contributed by atoms with Gasteiger partial charge in [0.1, 0.15) is 0 Å². The summed E-state index contributed by atoms with van der Waals surface area (Å²) in [5.41, 5.74) is 0.476. The minimum atomic E-state index is -0.652. The molecule has 2 rings (SSSR count). The Kier molecular flexibility index (Phi) is 4.81. The van der Waals surface area contributed by atoms with Crippen LogP contribution in [0.5, 0.6) is 0 Å². The van der Waals surface area contributed by atoms with E-state index in [0.29, 0.717) is 18.4 Å². The van der Waals surface area contributed by atoms with Gasteiger partial charge in [-0.25, -0.2) is 4.79 Å². The highest BCUT2D eigenvalue weighted by molar-refractivity contribution is 5.91. The topological polar surface area (TPSA) is 86.5 Å². The number of rotatable bonds is 4. The first kappa shape index (κ1) is 14.9. The van der Waals surface area contributed by atoms with Crippen molar-refractivity contribution >= 4 is 23.5 Å². The Morgan fingerprint density at radius 3 is 2.90 bits per heavy atom. The van der Waals surface area contributed by atoms with E-state index in [4.69, 9.17) is 4.74 Å². The van der Waals surface area contributed by atoms with E-state index >= 15 is 0 Å². The van der Waals surface area contributed by atoms with Crippen molar-refractivity contribution in [3.63, 3.8) is 0 Å². The molecule has 1 aliphatic rings. The van der Waals surface area contributed by atoms with Crippen LogP contribution in [0.3, 0.4) is 0 Å². The van der Waals surface area contributed by atoms with Gasteiger partial charge in [-0.15, -0.1) is 0 Å². The average molecular weight is 289 g/mol. The van der Waals surface area contributed by atoms with E-state index in [2.05, 4.69) is 0 Å². The molecule has 1 aromatic carbocycles. The number of esters is 1. The highest BCUT2D eigenvalue weighted by Gasteiger charge is 2.24. The number of non-ortho nitro benzene ring substituents is 1. The first-order valence-corrected chi connectivity index (χ1v) is 6.72. The van der Waals surface area contributed by atoms with Crippen LogP contribution in [0.4, 0.5) is 5.69 Å². The van der Waals surface area contributed by atoms with Gasteiger partial charge in [0.15, 0.2) is 11.9 Å². The smallest absolute Gasteiger partial charge is 0.331 e. The molecule has 0 aliphatic heterocycles. The highest BCUT2D eigenvalue weighted by atomic mass is 16.6. The van der Waals surface area contributed by atoms with Crippen LogP contribution in [-0.4, -0.2) is 22.8 Å². The molecule has 0 N–H and O–H groups in total. The molecule has 6 heteroatoms. The highest BCUT2D eigenvalue weighted by Crippen LogP contribution is 2.18. The minimum Gasteiger partial charge on any atom is -0.451 e. The first-order valence-electron chi connectivity index (χ1n) is 6.72. The number of hydrogen-bond acceptors (Lipinski definition) is 5. The molecule has 0 spiro atoms. The fourth-order valence-electron chi connectivity index (χ4n) is 2.16. The Balaban J connectivity index is 1.97. The molecule has 0 amide bonds. The third kappa shape index (κ3) is 4.24. The quantitative estimate of drug-likeness (QED) is 0.368. The third-order valence-electron chi connectivity index (χ3n) is 3.25. The largest absolute Gasteiger partial charge is 0.451 e. The van der Waals surface area contributed by atoms with Crippen molar-refractivity contribution < 1.29 is 19.2 Å². The number of nitro groups is 1. The van der Waals surface area contributed by atoms with Crippen LogP contribution in [0.2, 0.25) is 0 Å². The zero-order valence-corrected chi connectivity index (χ0v) is 11.4. The SMILES string of the molecule is O=C(/C=C/c1cccc([N+](=O)[O-])c1)OC1CCCCC1=O. The molecule has 0 bridgehead atoms. The number of carbonyl (C=O) groups is 2. The normalized spacial score (nSPS) is 18.7. The fraction of sp³-hybridized carbons (Fsp3) is 0.333. The predicted octanol–water partition coefficient (Wildman–Crippen LogP) is 2.66. The lowest BCUT2D eigenvalue weighted by atomic mass is 9.96. The van der Waals surface area contributed by atoms with Gasteiger partial charge in [0, 0.05) is 24.6 Å². The molecule has 1 fully saturated rings. The zero-order chi connectivity index (χ0) is 15.2. The Bertz CT molecular complexity index is 593. The van der Waals surface area contributed by atoms with Crippen LogP contribution in [0, 0.1) is 10.1 Å². The Morgan fingerprint density at radius 2 is 2.19 bits per heavy atom. The summed E-state index contributed by atoms with van der Waals surface area (Å²) in [7, 11) is 0. The van der Waals surface area contributed by atoms with Gasteiger partial charge in [0.05, 0.1) is 4.92 Å². The fourth-order valence-corrected chi connectivity index (χ4v) is 2.16. The summed E-state index contributed by atoms with van der Waals surface area (Å²) in [6, 6.07) is 5.91. The van der Waals surface area contributed by atoms with Crippen LogP contribution < -0.4 is 0 Å². The number of Topliss-reactive ketones (excluding diaryl/α,β-unsaturated/α-hetero) is 1. The second-order valence-corrected chi connectivity index (χ2v) is 4.82. The maximum Gasteiger partial charge on any atom is 0.331 e. The number of ketones is 1. The monoisotopic (exact) mass is 289 g/mol. The molecule has 110 valence electrons. The predicted molar refractivity (Wildman–Crippen MR) is 75.5 cm³/mol. The van der Waals surface area contributed by atoms with Crippen LogP contribution in [-0.2, 0) is 14.3 Å². The van der Waals surface area contributed by atoms with Gasteiger partial charge < -0.3 is 4.74 Å². The summed E-state index contributed by atoms with van der Waals surface area (Å²) < 4.78 is 5.09. The van der Waals surface area contributed by atoms with Crippen molar-refractivity contribution in [2.45, 2.75) is 31.8 Å². The average Bonchev–Trinajstić information content (AvgIpc) is 2.48. The van der Waals surface area contributed by atoms with Crippen LogP contribution >= 0.6 is 0 Å². The molecule has 1 aliphatic carbocycles. The molecule has 0 radical (unpaired) electrons. The lowest BCUT2D eigenvalue weighted by Crippen LogP contribution is -2.29. The standard InChI is InChI=1S/C15H15NO5/c17-13-6-1-2-7-14(13)21-15(18)9-8-11-4-3-5-12(10-11)16(19)20/h3-5,8-10,14H,1-2,6-7H2/b9-8+. The number of hydrogen-bond donors (Lipinski definition) is 0. The van der Waals surface area contributed by atoms with Crippen molar-refractivity contribution in [2.75, 3.05) is 0 Å². The van der Waals surface area contributed by atoms with Crippen LogP contribution in [0.15, 0.2) is 30.3 Å². The number of nitro benzene ring substituents is 1. The van der Waals surface area contributed by atoms with E-state index in [0.717, 1.165) is 12.8 Å². The molecule has 1 atom stereocenters. The van der Waals surface area contributed by atoms with Crippen LogP contribution in [0.25, 0.3) is 6.08 Å². The molecule has 0 aromatic heterocycles. The maximum atomic E-state index is 11.7. The summed E-state index contributed by atoms with van der Waals surface area (Å²) in [5.74, 6) is -0.653. The molecule has 1 aromatic rings. The van der Waals surface area contributed by atoms with E-state index < -0.39 is 17.0 Å². The zero-order valence-electron chi connectivity index (χ0n) is 11.4. The summed E-state index contributed by atoms with van der Waals surface area (Å²) in [6.07, 6.45) is 4.70. The van der Waals surface area contributed by atoms with Gasteiger partial charge in [0.25, 0.3) is 5.69 Å². The molecule has 1 saturated carbocycles. The van der Waals surface area contributed by atoms with E-state index in [1.54, 1.807) is 6.07 Å².